The highest BCUT2D eigenvalue weighted by atomic mass is 35.5. The molecule has 0 spiro atoms. The van der Waals surface area contributed by atoms with Crippen LogP contribution in [-0.2, 0) is 4.79 Å². The minimum absolute atomic E-state index is 0.0790. The minimum atomic E-state index is -1.10. The van der Waals surface area contributed by atoms with Gasteiger partial charge in [-0.2, -0.15) is 0 Å². The zero-order valence-electron chi connectivity index (χ0n) is 8.46. The third kappa shape index (κ3) is 4.19. The van der Waals surface area contributed by atoms with E-state index >= 15 is 0 Å². The van der Waals surface area contributed by atoms with Crippen molar-refractivity contribution in [3.8, 4) is 0 Å². The summed E-state index contributed by atoms with van der Waals surface area (Å²) in [7, 11) is 0. The second-order valence-electron chi connectivity index (χ2n) is 3.30. The van der Waals surface area contributed by atoms with Crippen molar-refractivity contribution in [3.63, 3.8) is 0 Å². The Kier molecular flexibility index (Phi) is 5.25. The van der Waals surface area contributed by atoms with Crippen LogP contribution in [0, 0.1) is 5.82 Å². The molecule has 0 fully saturated rings. The number of carbonyl (C=O) groups is 1. The van der Waals surface area contributed by atoms with E-state index in [0.717, 1.165) is 0 Å². The summed E-state index contributed by atoms with van der Waals surface area (Å²) in [5.41, 5.74) is 0.0790. The van der Waals surface area contributed by atoms with Crippen LogP contribution >= 0.6 is 34.8 Å². The van der Waals surface area contributed by atoms with E-state index in [1.54, 1.807) is 0 Å². The Balaban J connectivity index is 3.21. The molecule has 6 heteroatoms. The molecule has 1 atom stereocenters. The maximum Gasteiger partial charge on any atom is 0.304 e. The third-order valence-electron chi connectivity index (χ3n) is 2.09. The summed E-state index contributed by atoms with van der Waals surface area (Å²) in [6.45, 7) is 0. The number of hydrogen-bond acceptors (Lipinski definition) is 1. The Labute approximate surface area is 113 Å². The van der Waals surface area contributed by atoms with Gasteiger partial charge in [0, 0.05) is 16.5 Å². The molecule has 0 aliphatic heterocycles. The van der Waals surface area contributed by atoms with E-state index < -0.39 is 17.7 Å². The lowest BCUT2D eigenvalue weighted by atomic mass is 9.95. The summed E-state index contributed by atoms with van der Waals surface area (Å²) < 4.78 is 13.5. The fourth-order valence-electron chi connectivity index (χ4n) is 1.45. The zero-order valence-corrected chi connectivity index (χ0v) is 10.7. The molecular weight excluding hydrogens is 289 g/mol. The van der Waals surface area contributed by atoms with Gasteiger partial charge < -0.3 is 5.11 Å². The van der Waals surface area contributed by atoms with Gasteiger partial charge in [0.25, 0.3) is 0 Å². The molecule has 1 aromatic rings. The number of hydrogen-bond donors (Lipinski definition) is 1. The van der Waals surface area contributed by atoms with Gasteiger partial charge in [-0.05, 0) is 18.2 Å². The number of carboxylic acids is 1. The normalized spacial score (nSPS) is 12.0. The summed E-state index contributed by atoms with van der Waals surface area (Å²) in [5.74, 6) is -2.49. The molecule has 0 aliphatic rings. The van der Waals surface area contributed by atoms with Gasteiger partial charge in [-0.1, -0.05) is 40.9 Å². The first-order valence-electron chi connectivity index (χ1n) is 4.60. The minimum Gasteiger partial charge on any atom is -0.481 e. The second kappa shape index (κ2) is 6.24. The Morgan fingerprint density at radius 2 is 2.12 bits per heavy atom. The van der Waals surface area contributed by atoms with Crippen LogP contribution in [0.4, 0.5) is 4.39 Å². The van der Waals surface area contributed by atoms with Crippen molar-refractivity contribution in [1.82, 2.24) is 0 Å². The predicted molar refractivity (Wildman–Crippen MR) is 66.2 cm³/mol. The monoisotopic (exact) mass is 296 g/mol. The number of aliphatic carboxylic acids is 1. The van der Waals surface area contributed by atoms with E-state index in [0.29, 0.717) is 0 Å². The lowest BCUT2D eigenvalue weighted by Gasteiger charge is -2.13. The number of rotatable bonds is 4. The van der Waals surface area contributed by atoms with Crippen LogP contribution in [0.15, 0.2) is 28.8 Å². The molecule has 0 aromatic heterocycles. The summed E-state index contributed by atoms with van der Waals surface area (Å²) in [5, 5.41) is 8.90. The molecule has 1 aromatic carbocycles. The molecule has 92 valence electrons. The SMILES string of the molecule is O=C(O)CC(C=C(Cl)Cl)c1c(F)cccc1Cl. The van der Waals surface area contributed by atoms with Crippen LogP contribution in [-0.4, -0.2) is 11.1 Å². The van der Waals surface area contributed by atoms with Crippen molar-refractivity contribution >= 4 is 40.8 Å². The Morgan fingerprint density at radius 3 is 2.59 bits per heavy atom. The van der Waals surface area contributed by atoms with Gasteiger partial charge in [0.2, 0.25) is 0 Å². The van der Waals surface area contributed by atoms with E-state index in [1.807, 2.05) is 0 Å². The average Bonchev–Trinajstić information content (AvgIpc) is 2.14. The van der Waals surface area contributed by atoms with Crippen molar-refractivity contribution in [3.05, 3.63) is 45.2 Å². The standard InChI is InChI=1S/C11H8Cl3FO2/c12-7-2-1-3-8(15)11(7)6(4-9(13)14)5-10(16)17/h1-4,6H,5H2,(H,16,17). The fraction of sp³-hybridized carbons (Fsp3) is 0.182. The summed E-state index contributed by atoms with van der Waals surface area (Å²) in [4.78, 5) is 10.7. The molecule has 0 amide bonds. The van der Waals surface area contributed by atoms with Crippen molar-refractivity contribution in [2.75, 3.05) is 0 Å². The average molecular weight is 298 g/mol. The molecule has 0 heterocycles. The first kappa shape index (κ1) is 14.3. The van der Waals surface area contributed by atoms with Crippen LogP contribution in [0.1, 0.15) is 17.9 Å². The first-order chi connectivity index (χ1) is 7.91. The van der Waals surface area contributed by atoms with Crippen LogP contribution in [0.2, 0.25) is 5.02 Å². The highest BCUT2D eigenvalue weighted by Gasteiger charge is 2.20. The first-order valence-corrected chi connectivity index (χ1v) is 5.73. The molecule has 2 nitrogen and oxygen atoms in total. The van der Waals surface area contributed by atoms with Crippen molar-refractivity contribution < 1.29 is 14.3 Å². The topological polar surface area (TPSA) is 37.3 Å². The van der Waals surface area contributed by atoms with Gasteiger partial charge in [0.05, 0.1) is 6.42 Å². The van der Waals surface area contributed by atoms with Crippen molar-refractivity contribution in [1.29, 1.82) is 0 Å². The molecule has 0 saturated heterocycles. The highest BCUT2D eigenvalue weighted by Crippen LogP contribution is 2.32. The van der Waals surface area contributed by atoms with Gasteiger partial charge in [0.1, 0.15) is 10.3 Å². The van der Waals surface area contributed by atoms with Crippen LogP contribution in [0.25, 0.3) is 0 Å². The number of halogens is 4. The number of allylic oxidation sites excluding steroid dienone is 1. The fourth-order valence-corrected chi connectivity index (χ4v) is 2.06. The maximum absolute atomic E-state index is 13.6. The Bertz CT molecular complexity index is 436. The summed E-state index contributed by atoms with van der Waals surface area (Å²) in [6, 6.07) is 4.11. The zero-order chi connectivity index (χ0) is 13.0. The second-order valence-corrected chi connectivity index (χ2v) is 4.71. The lowest BCUT2D eigenvalue weighted by molar-refractivity contribution is -0.137. The maximum atomic E-state index is 13.6. The van der Waals surface area contributed by atoms with E-state index in [2.05, 4.69) is 0 Å². The van der Waals surface area contributed by atoms with Crippen molar-refractivity contribution in [2.24, 2.45) is 0 Å². The van der Waals surface area contributed by atoms with Crippen molar-refractivity contribution in [2.45, 2.75) is 12.3 Å². The van der Waals surface area contributed by atoms with Gasteiger partial charge >= 0.3 is 5.97 Å². The molecule has 1 N–H and O–H groups in total. The molecule has 17 heavy (non-hydrogen) atoms. The van der Waals surface area contributed by atoms with Gasteiger partial charge in [0.15, 0.2) is 0 Å². The largest absolute Gasteiger partial charge is 0.481 e. The lowest BCUT2D eigenvalue weighted by Crippen LogP contribution is -2.07. The predicted octanol–water partition coefficient (Wildman–Crippen LogP) is 4.36. The van der Waals surface area contributed by atoms with Gasteiger partial charge in [-0.3, -0.25) is 4.79 Å². The number of benzene rings is 1. The highest BCUT2D eigenvalue weighted by molar-refractivity contribution is 6.55. The van der Waals surface area contributed by atoms with E-state index in [1.165, 1.54) is 24.3 Å². The van der Waals surface area contributed by atoms with Crippen LogP contribution in [0.5, 0.6) is 0 Å². The Hall–Kier alpha value is -0.770. The molecule has 0 aliphatic carbocycles. The van der Waals surface area contributed by atoms with Crippen LogP contribution in [0.3, 0.4) is 0 Å². The smallest absolute Gasteiger partial charge is 0.304 e. The Morgan fingerprint density at radius 1 is 1.47 bits per heavy atom. The number of carboxylic acid groups (broad SMARTS) is 1. The van der Waals surface area contributed by atoms with Gasteiger partial charge in [-0.15, -0.1) is 0 Å². The van der Waals surface area contributed by atoms with E-state index in [-0.39, 0.29) is 21.5 Å². The van der Waals surface area contributed by atoms with E-state index in [4.69, 9.17) is 39.9 Å². The summed E-state index contributed by atoms with van der Waals surface area (Å²) in [6.07, 6.45) is 0.908. The molecule has 0 bridgehead atoms. The summed E-state index contributed by atoms with van der Waals surface area (Å²) >= 11 is 16.8. The molecule has 1 unspecified atom stereocenters. The molecule has 1 rings (SSSR count). The molecular formula is C11H8Cl3FO2. The van der Waals surface area contributed by atoms with E-state index in [9.17, 15) is 9.18 Å². The van der Waals surface area contributed by atoms with Gasteiger partial charge in [-0.25, -0.2) is 4.39 Å². The third-order valence-corrected chi connectivity index (χ3v) is 2.67. The van der Waals surface area contributed by atoms with Crippen LogP contribution < -0.4 is 0 Å². The molecule has 0 saturated carbocycles. The quantitative estimate of drug-likeness (QED) is 0.896. The molecule has 0 radical (unpaired) electrons.